The molecule has 44 heavy (non-hydrogen) atoms. The third kappa shape index (κ3) is 5.82. The van der Waals surface area contributed by atoms with Crippen LogP contribution in [-0.2, 0) is 5.41 Å². The smallest absolute Gasteiger partial charge is 0.166 e. The Morgan fingerprint density at radius 3 is 1.25 bits per heavy atom. The molecule has 0 aliphatic heterocycles. The molecule has 7 aromatic rings. The lowest BCUT2D eigenvalue weighted by atomic mass is 9.85. The van der Waals surface area contributed by atoms with Crippen molar-refractivity contribution in [1.29, 1.82) is 0 Å². The molecule has 0 saturated heterocycles. The molecule has 0 atom stereocenters. The highest BCUT2D eigenvalue weighted by molar-refractivity contribution is 7.18. The zero-order valence-electron chi connectivity index (χ0n) is 24.5. The molecular formula is C36H28N6S2. The van der Waals surface area contributed by atoms with Crippen LogP contribution in [0.4, 0.5) is 0 Å². The quantitative estimate of drug-likeness (QED) is 0.187. The van der Waals surface area contributed by atoms with Gasteiger partial charge in [0.2, 0.25) is 0 Å². The maximum Gasteiger partial charge on any atom is 0.166 e. The molecule has 0 aliphatic carbocycles. The summed E-state index contributed by atoms with van der Waals surface area (Å²) >= 11 is 3.08. The zero-order valence-corrected chi connectivity index (χ0v) is 26.1. The number of hydrogen-bond donors (Lipinski definition) is 0. The van der Waals surface area contributed by atoms with Gasteiger partial charge < -0.3 is 0 Å². The van der Waals surface area contributed by atoms with E-state index in [1.165, 1.54) is 5.56 Å². The number of benzene rings is 3. The molecular weight excluding hydrogens is 581 g/mol. The number of rotatable bonds is 6. The largest absolute Gasteiger partial charge is 0.245 e. The monoisotopic (exact) mass is 608 g/mol. The molecule has 0 fully saturated rings. The van der Waals surface area contributed by atoms with Crippen LogP contribution in [0.25, 0.3) is 65.1 Å². The van der Waals surface area contributed by atoms with Crippen molar-refractivity contribution < 1.29 is 0 Å². The Bertz CT molecular complexity index is 1920. The molecule has 0 radical (unpaired) electrons. The van der Waals surface area contributed by atoms with E-state index in [4.69, 9.17) is 9.97 Å². The Hall–Kier alpha value is -4.92. The molecule has 214 valence electrons. The van der Waals surface area contributed by atoms with Crippen molar-refractivity contribution >= 4 is 22.7 Å². The summed E-state index contributed by atoms with van der Waals surface area (Å²) in [5.41, 5.74) is 8.67. The van der Waals surface area contributed by atoms with Crippen LogP contribution < -0.4 is 0 Å². The minimum Gasteiger partial charge on any atom is -0.245 e. The minimum absolute atomic E-state index is 0.0804. The van der Waals surface area contributed by atoms with E-state index in [2.05, 4.69) is 83.6 Å². The molecule has 0 amide bonds. The Morgan fingerprint density at radius 2 is 0.818 bits per heavy atom. The highest BCUT2D eigenvalue weighted by Gasteiger charge is 2.20. The zero-order chi connectivity index (χ0) is 30.1. The molecule has 0 N–H and O–H groups in total. The van der Waals surface area contributed by atoms with Crippen molar-refractivity contribution in [2.45, 2.75) is 26.2 Å². The maximum absolute atomic E-state index is 4.88. The summed E-state index contributed by atoms with van der Waals surface area (Å²) < 4.78 is 0. The predicted octanol–water partition coefficient (Wildman–Crippen LogP) is 9.48. The third-order valence-corrected chi connectivity index (χ3v) is 9.21. The molecule has 4 heterocycles. The second-order valence-corrected chi connectivity index (χ2v) is 13.4. The van der Waals surface area contributed by atoms with Crippen molar-refractivity contribution in [1.82, 2.24) is 30.4 Å². The lowest BCUT2D eigenvalue weighted by Crippen LogP contribution is -2.11. The van der Waals surface area contributed by atoms with Crippen molar-refractivity contribution in [3.63, 3.8) is 0 Å². The summed E-state index contributed by atoms with van der Waals surface area (Å²) in [5, 5.41) is 21.5. The number of aromatic nitrogens is 6. The average molecular weight is 609 g/mol. The van der Waals surface area contributed by atoms with Gasteiger partial charge >= 0.3 is 0 Å². The first-order valence-corrected chi connectivity index (χ1v) is 15.9. The molecule has 0 spiro atoms. The Labute approximate surface area is 264 Å². The summed E-state index contributed by atoms with van der Waals surface area (Å²) in [6.45, 7) is 6.64. The van der Waals surface area contributed by atoms with Crippen LogP contribution in [0.3, 0.4) is 0 Å². The minimum atomic E-state index is -0.0804. The first-order valence-electron chi connectivity index (χ1n) is 14.3. The first kappa shape index (κ1) is 27.9. The molecule has 6 nitrogen and oxygen atoms in total. The van der Waals surface area contributed by atoms with Crippen LogP contribution in [0, 0.1) is 0 Å². The van der Waals surface area contributed by atoms with Gasteiger partial charge in [-0.25, -0.2) is 9.97 Å². The average Bonchev–Trinajstić information content (AvgIpc) is 3.77. The molecule has 7 rings (SSSR count). The maximum atomic E-state index is 4.88. The second-order valence-electron chi connectivity index (χ2n) is 11.4. The van der Waals surface area contributed by atoms with Crippen molar-refractivity contribution in [2.75, 3.05) is 0 Å². The van der Waals surface area contributed by atoms with Crippen LogP contribution >= 0.6 is 22.7 Å². The number of pyridine rings is 2. The lowest BCUT2D eigenvalue weighted by molar-refractivity contribution is 0.590. The lowest BCUT2D eigenvalue weighted by Gasteiger charge is -2.20. The predicted molar refractivity (Wildman–Crippen MR) is 180 cm³/mol. The van der Waals surface area contributed by atoms with E-state index in [1.54, 1.807) is 22.7 Å². The Morgan fingerprint density at radius 1 is 0.409 bits per heavy atom. The van der Waals surface area contributed by atoms with Gasteiger partial charge in [-0.2, -0.15) is 0 Å². The fourth-order valence-electron chi connectivity index (χ4n) is 4.84. The van der Waals surface area contributed by atoms with Crippen molar-refractivity contribution in [3.05, 3.63) is 121 Å². The van der Waals surface area contributed by atoms with Gasteiger partial charge in [0.1, 0.15) is 21.4 Å². The Kier molecular flexibility index (Phi) is 7.37. The first-order chi connectivity index (χ1) is 21.4. The number of nitrogens with zero attached hydrogens (tertiary/aromatic N) is 6. The van der Waals surface area contributed by atoms with E-state index >= 15 is 0 Å². The highest BCUT2D eigenvalue weighted by Crippen LogP contribution is 2.38. The van der Waals surface area contributed by atoms with Crippen LogP contribution in [0.15, 0.2) is 115 Å². The van der Waals surface area contributed by atoms with E-state index in [-0.39, 0.29) is 5.41 Å². The van der Waals surface area contributed by atoms with E-state index in [1.807, 2.05) is 72.8 Å². The molecule has 4 aromatic heterocycles. The Balaban J connectivity index is 1.23. The van der Waals surface area contributed by atoms with Gasteiger partial charge in [0.05, 0.1) is 11.4 Å². The van der Waals surface area contributed by atoms with Crippen molar-refractivity contribution in [3.8, 4) is 65.1 Å². The summed E-state index contributed by atoms with van der Waals surface area (Å²) in [5.74, 6) is 0. The van der Waals surface area contributed by atoms with Gasteiger partial charge in [-0.05, 0) is 53.4 Å². The summed E-state index contributed by atoms with van der Waals surface area (Å²) in [4.78, 5) is 9.77. The fourth-order valence-corrected chi connectivity index (χ4v) is 6.44. The van der Waals surface area contributed by atoms with Gasteiger partial charge in [-0.3, -0.25) is 0 Å². The number of hydrogen-bond acceptors (Lipinski definition) is 8. The van der Waals surface area contributed by atoms with Crippen LogP contribution in [0.5, 0.6) is 0 Å². The van der Waals surface area contributed by atoms with E-state index in [9.17, 15) is 0 Å². The molecule has 0 aliphatic rings. The normalized spacial score (nSPS) is 11.5. The van der Waals surface area contributed by atoms with Gasteiger partial charge in [0.25, 0.3) is 0 Å². The summed E-state index contributed by atoms with van der Waals surface area (Å²) in [7, 11) is 0. The summed E-state index contributed by atoms with van der Waals surface area (Å²) in [6.07, 6.45) is 0. The van der Waals surface area contributed by atoms with Crippen molar-refractivity contribution in [2.24, 2.45) is 0 Å². The molecule has 3 aromatic carbocycles. The third-order valence-electron chi connectivity index (χ3n) is 7.22. The topological polar surface area (TPSA) is 77.3 Å². The van der Waals surface area contributed by atoms with E-state index in [0.717, 1.165) is 65.1 Å². The molecule has 0 bridgehead atoms. The second kappa shape index (κ2) is 11.6. The van der Waals surface area contributed by atoms with E-state index < -0.39 is 0 Å². The van der Waals surface area contributed by atoms with Gasteiger partial charge in [-0.15, -0.1) is 20.4 Å². The highest BCUT2D eigenvalue weighted by atomic mass is 32.1. The van der Waals surface area contributed by atoms with Crippen LogP contribution in [0.1, 0.15) is 26.3 Å². The van der Waals surface area contributed by atoms with Crippen LogP contribution in [0.2, 0.25) is 0 Å². The van der Waals surface area contributed by atoms with Gasteiger partial charge in [0.15, 0.2) is 10.0 Å². The fraction of sp³-hybridized carbons (Fsp3) is 0.111. The summed E-state index contributed by atoms with van der Waals surface area (Å²) in [6, 6.07) is 38.9. The van der Waals surface area contributed by atoms with Gasteiger partial charge in [-0.1, -0.05) is 116 Å². The van der Waals surface area contributed by atoms with Gasteiger partial charge in [0, 0.05) is 22.3 Å². The molecule has 0 unspecified atom stereocenters. The van der Waals surface area contributed by atoms with E-state index in [0.29, 0.717) is 0 Å². The SMILES string of the molecule is CC(C)(C)c1cc(-c2nnc(-c3cccc(-c4ccccc4)n3)s2)cc(-c2nnc(-c3cccc(-c4ccccc4)n3)s2)c1. The standard InChI is InChI=1S/C36H28N6S2/c1-36(2,3)27-21-25(32-39-41-34(43-32)30-18-10-16-28(37-30)23-12-6-4-7-13-23)20-26(22-27)33-40-42-35(44-33)31-19-11-17-29(38-31)24-14-8-5-9-15-24/h4-22H,1-3H3. The molecule has 0 saturated carbocycles. The van der Waals surface area contributed by atoms with Crippen LogP contribution in [-0.4, -0.2) is 30.4 Å². The molecule has 8 heteroatoms.